The summed E-state index contributed by atoms with van der Waals surface area (Å²) in [6, 6.07) is 11.1. The zero-order chi connectivity index (χ0) is 42.8. The van der Waals surface area contributed by atoms with Gasteiger partial charge in [-0.1, -0.05) is 12.1 Å². The van der Waals surface area contributed by atoms with Gasteiger partial charge in [-0.25, -0.2) is 29.1 Å². The molecule has 0 fully saturated rings. The molecule has 0 saturated heterocycles. The molecule has 2 aromatic carbocycles. The lowest BCUT2D eigenvalue weighted by Crippen LogP contribution is -2.36. The van der Waals surface area contributed by atoms with Crippen LogP contribution in [0.3, 0.4) is 0 Å². The highest BCUT2D eigenvalue weighted by atomic mass is 32.1. The van der Waals surface area contributed by atoms with E-state index in [1.54, 1.807) is 93.4 Å². The number of carbonyl (C=O) groups is 4. The molecule has 0 aliphatic rings. The van der Waals surface area contributed by atoms with Gasteiger partial charge < -0.3 is 37.7 Å². The first-order valence-corrected chi connectivity index (χ1v) is 19.2. The summed E-state index contributed by atoms with van der Waals surface area (Å²) < 4.78 is 38.3. The van der Waals surface area contributed by atoms with Crippen molar-refractivity contribution >= 4 is 51.9 Å². The van der Waals surface area contributed by atoms with Gasteiger partial charge in [-0.2, -0.15) is 0 Å². The van der Waals surface area contributed by atoms with Crippen LogP contribution in [0.15, 0.2) is 41.4 Å². The van der Waals surface area contributed by atoms with E-state index >= 15 is 0 Å². The van der Waals surface area contributed by atoms with Gasteiger partial charge in [0.05, 0.1) is 48.6 Å². The average Bonchev–Trinajstić information content (AvgIpc) is 3.66. The molecule has 0 aliphatic carbocycles. The van der Waals surface area contributed by atoms with Crippen molar-refractivity contribution in [1.29, 1.82) is 0 Å². The first-order chi connectivity index (χ1) is 26.6. The van der Waals surface area contributed by atoms with E-state index in [2.05, 4.69) is 9.98 Å². The Hall–Kier alpha value is -5.42. The summed E-state index contributed by atoms with van der Waals surface area (Å²) in [5.74, 6) is 0.827. The van der Waals surface area contributed by atoms with Crippen molar-refractivity contribution in [3.63, 3.8) is 0 Å². The molecule has 2 heterocycles. The number of hydrogen-bond acceptors (Lipinski definition) is 14. The van der Waals surface area contributed by atoms with E-state index in [-0.39, 0.29) is 18.8 Å². The number of thiazole rings is 2. The molecule has 57 heavy (non-hydrogen) atoms. The first-order valence-electron chi connectivity index (χ1n) is 17.6. The summed E-state index contributed by atoms with van der Waals surface area (Å²) in [4.78, 5) is 60.9. The van der Waals surface area contributed by atoms with Crippen LogP contribution in [0.25, 0.3) is 0 Å². The molecular weight excluding hydrogens is 777 g/mol. The molecule has 0 aliphatic heterocycles. The molecule has 0 unspecified atom stereocenters. The zero-order valence-electron chi connectivity index (χ0n) is 35.0. The number of nitrogens with zero attached hydrogens (tertiary/aromatic N) is 4. The van der Waals surface area contributed by atoms with Crippen molar-refractivity contribution in [2.45, 2.75) is 86.6 Å². The molecule has 17 heteroatoms. The van der Waals surface area contributed by atoms with Crippen molar-refractivity contribution in [3.05, 3.63) is 79.0 Å². The Morgan fingerprint density at radius 2 is 1.33 bits per heavy atom. The molecule has 15 nitrogen and oxygen atoms in total. The number of hydrogen-bond donors (Lipinski definition) is 0. The molecule has 0 radical (unpaired) electrons. The summed E-state index contributed by atoms with van der Waals surface area (Å²) in [6.45, 7) is 16.6. The normalized spacial score (nSPS) is 11.5. The molecule has 4 rings (SSSR count). The van der Waals surface area contributed by atoms with Crippen LogP contribution in [0.2, 0.25) is 0 Å². The quantitative estimate of drug-likeness (QED) is 0.112. The predicted molar refractivity (Wildman–Crippen MR) is 217 cm³/mol. The number of amides is 2. The third-order valence-corrected chi connectivity index (χ3v) is 9.63. The lowest BCUT2D eigenvalue weighted by molar-refractivity contribution is 0.0566. The summed E-state index contributed by atoms with van der Waals surface area (Å²) in [5.41, 5.74) is 1.77. The van der Waals surface area contributed by atoms with E-state index in [9.17, 15) is 19.2 Å². The minimum absolute atomic E-state index is 0.186. The standard InChI is InChI=1S/C20H26N2O6S.C20H26N2O5S/c1-12-16(17(23)27-7)22(18(29-12)21-19(24)28-20(2,3)4)11-13-8-9-14(25-5)10-15(13)26-6;1-12-8-9-14(15(10-12)25-6)11-22(19(24)27-20(3,4)5)18-21-16(13(2)28-18)17(23)26-7/h8-10H,11H2,1-7H3;8-10H,11H2,1-7H3. The number of ether oxygens (including phenoxy) is 7. The zero-order valence-corrected chi connectivity index (χ0v) is 36.6. The lowest BCUT2D eigenvalue weighted by Gasteiger charge is -2.26. The maximum atomic E-state index is 12.9. The second-order valence-corrected chi connectivity index (χ2v) is 16.8. The molecule has 310 valence electrons. The highest BCUT2D eigenvalue weighted by Gasteiger charge is 2.29. The third-order valence-electron chi connectivity index (χ3n) is 7.64. The second kappa shape index (κ2) is 19.6. The van der Waals surface area contributed by atoms with Gasteiger partial charge in [0.1, 0.15) is 34.1 Å². The number of methoxy groups -OCH3 is 5. The molecule has 0 saturated carbocycles. The van der Waals surface area contributed by atoms with E-state index in [0.29, 0.717) is 42.6 Å². The van der Waals surface area contributed by atoms with E-state index < -0.39 is 35.3 Å². The van der Waals surface area contributed by atoms with E-state index in [4.69, 9.17) is 33.2 Å². The summed E-state index contributed by atoms with van der Waals surface area (Å²) in [6.07, 6.45) is -1.29. The maximum absolute atomic E-state index is 12.9. The number of aryl methyl sites for hydroxylation is 3. The maximum Gasteiger partial charge on any atom is 0.436 e. The van der Waals surface area contributed by atoms with Gasteiger partial charge in [0.15, 0.2) is 15.6 Å². The van der Waals surface area contributed by atoms with Gasteiger partial charge in [0.25, 0.3) is 0 Å². The largest absolute Gasteiger partial charge is 0.497 e. The number of anilines is 1. The lowest BCUT2D eigenvalue weighted by atomic mass is 10.1. The Balaban J connectivity index is 0.000000306. The van der Waals surface area contributed by atoms with Crippen molar-refractivity contribution in [2.24, 2.45) is 4.99 Å². The molecule has 0 N–H and O–H groups in total. The molecular formula is C40H52N4O11S2. The van der Waals surface area contributed by atoms with Crippen molar-refractivity contribution in [1.82, 2.24) is 9.55 Å². The van der Waals surface area contributed by atoms with E-state index in [0.717, 1.165) is 16.7 Å². The van der Waals surface area contributed by atoms with Gasteiger partial charge in [0, 0.05) is 26.9 Å². The fraction of sp³-hybridized carbons (Fsp3) is 0.450. The molecule has 2 amide bonds. The molecule has 0 atom stereocenters. The molecule has 0 spiro atoms. The van der Waals surface area contributed by atoms with Crippen LogP contribution in [0.5, 0.6) is 17.2 Å². The third kappa shape index (κ3) is 12.8. The minimum atomic E-state index is -0.731. The van der Waals surface area contributed by atoms with Crippen LogP contribution in [0, 0.1) is 20.8 Å². The summed E-state index contributed by atoms with van der Waals surface area (Å²) in [7, 11) is 7.30. The van der Waals surface area contributed by atoms with Crippen LogP contribution in [-0.2, 0) is 32.0 Å². The molecule has 2 aromatic heterocycles. The average molecular weight is 829 g/mol. The predicted octanol–water partition coefficient (Wildman–Crippen LogP) is 8.04. The highest BCUT2D eigenvalue weighted by molar-refractivity contribution is 7.16. The number of carbonyl (C=O) groups excluding carboxylic acids is 4. The fourth-order valence-corrected chi connectivity index (χ4v) is 6.92. The monoisotopic (exact) mass is 828 g/mol. The molecule has 4 aromatic rings. The number of rotatable bonds is 10. The van der Waals surface area contributed by atoms with Crippen LogP contribution in [0.1, 0.15) is 89.0 Å². The van der Waals surface area contributed by atoms with Crippen LogP contribution in [-0.4, -0.2) is 80.4 Å². The first kappa shape index (κ1) is 46.0. The Morgan fingerprint density at radius 1 is 0.737 bits per heavy atom. The minimum Gasteiger partial charge on any atom is -0.497 e. The van der Waals surface area contributed by atoms with Crippen molar-refractivity contribution in [2.75, 3.05) is 40.4 Å². The van der Waals surface area contributed by atoms with Gasteiger partial charge in [0.2, 0.25) is 0 Å². The number of aromatic nitrogens is 2. The Morgan fingerprint density at radius 3 is 1.89 bits per heavy atom. The van der Waals surface area contributed by atoms with E-state index in [1.807, 2.05) is 31.2 Å². The van der Waals surface area contributed by atoms with Crippen LogP contribution >= 0.6 is 22.7 Å². The Bertz CT molecular complexity index is 2140. The Kier molecular flexibility index (Phi) is 15.8. The van der Waals surface area contributed by atoms with Crippen molar-refractivity contribution in [3.8, 4) is 17.2 Å². The van der Waals surface area contributed by atoms with E-state index in [1.165, 1.54) is 41.8 Å². The topological polar surface area (TPSA) is 166 Å². The van der Waals surface area contributed by atoms with Gasteiger partial charge in [-0.05, 0) is 86.1 Å². The smallest absolute Gasteiger partial charge is 0.436 e. The Labute approximate surface area is 341 Å². The van der Waals surface area contributed by atoms with Gasteiger partial charge >= 0.3 is 24.1 Å². The SMILES string of the molecule is COC(=O)c1c(C)sc(=NC(=O)OC(C)(C)C)n1Cc1ccc(OC)cc1OC.COC(=O)c1nc(N(Cc2ccc(C)cc2OC)C(=O)OC(C)(C)C)sc1C. The summed E-state index contributed by atoms with van der Waals surface area (Å²) >= 11 is 2.44. The van der Waals surface area contributed by atoms with Gasteiger partial charge in [-0.3, -0.25) is 0 Å². The fourth-order valence-electron chi connectivity index (χ4n) is 5.09. The summed E-state index contributed by atoms with van der Waals surface area (Å²) in [5, 5.41) is 0.356. The number of esters is 2. The van der Waals surface area contributed by atoms with Gasteiger partial charge in [-0.15, -0.1) is 27.7 Å². The molecule has 0 bridgehead atoms. The highest BCUT2D eigenvalue weighted by Crippen LogP contribution is 2.31. The van der Waals surface area contributed by atoms with Crippen LogP contribution < -0.4 is 23.9 Å². The number of benzene rings is 2. The second-order valence-electron chi connectivity index (χ2n) is 14.4. The van der Waals surface area contributed by atoms with Crippen molar-refractivity contribution < 1.29 is 52.3 Å². The van der Waals surface area contributed by atoms with Crippen LogP contribution in [0.4, 0.5) is 14.7 Å².